The number of hydrogen-bond acceptors (Lipinski definition) is 4. The Kier molecular flexibility index (Phi) is 5.43. The van der Waals surface area contributed by atoms with E-state index in [0.29, 0.717) is 15.6 Å². The third-order valence-electron chi connectivity index (χ3n) is 3.05. The molecule has 0 saturated carbocycles. The van der Waals surface area contributed by atoms with Crippen LogP contribution in [-0.4, -0.2) is 16.7 Å². The molecule has 8 heteroatoms. The van der Waals surface area contributed by atoms with Crippen molar-refractivity contribution in [3.63, 3.8) is 0 Å². The van der Waals surface area contributed by atoms with Crippen molar-refractivity contribution in [2.45, 2.75) is 0 Å². The van der Waals surface area contributed by atoms with Gasteiger partial charge in [0.15, 0.2) is 0 Å². The smallest absolute Gasteiger partial charge is 0.269 e. The van der Waals surface area contributed by atoms with Crippen molar-refractivity contribution >= 4 is 39.5 Å². The number of hydrogen-bond donors (Lipinski definition) is 2. The molecule has 0 aromatic heterocycles. The topological polar surface area (TPSA) is 115 Å². The van der Waals surface area contributed by atoms with Gasteiger partial charge < -0.3 is 11.1 Å². The van der Waals surface area contributed by atoms with Gasteiger partial charge in [-0.3, -0.25) is 19.7 Å². The van der Waals surface area contributed by atoms with E-state index >= 15 is 0 Å². The van der Waals surface area contributed by atoms with Crippen molar-refractivity contribution < 1.29 is 14.5 Å². The van der Waals surface area contributed by atoms with Gasteiger partial charge >= 0.3 is 0 Å². The average Bonchev–Trinajstić information content (AvgIpc) is 2.54. The molecule has 2 amide bonds. The second kappa shape index (κ2) is 7.51. The van der Waals surface area contributed by atoms with Crippen LogP contribution in [-0.2, 0) is 4.79 Å². The molecule has 2 rings (SSSR count). The first-order valence-electron chi connectivity index (χ1n) is 6.70. The summed E-state index contributed by atoms with van der Waals surface area (Å²) in [5, 5.41) is 13.1. The highest BCUT2D eigenvalue weighted by Gasteiger charge is 2.14. The number of amides is 2. The molecule has 7 nitrogen and oxygen atoms in total. The number of nitrogens with two attached hydrogens (primary N) is 1. The fraction of sp³-hybridized carbons (Fsp3) is 0. The first-order valence-corrected chi connectivity index (χ1v) is 7.49. The molecule has 0 radical (unpaired) electrons. The number of rotatable bonds is 5. The van der Waals surface area contributed by atoms with Crippen molar-refractivity contribution in [3.05, 3.63) is 79.9 Å². The molecule has 0 spiro atoms. The van der Waals surface area contributed by atoms with E-state index in [4.69, 9.17) is 5.73 Å². The summed E-state index contributed by atoms with van der Waals surface area (Å²) in [5.74, 6) is -1.33. The van der Waals surface area contributed by atoms with Crippen molar-refractivity contribution in [2.24, 2.45) is 5.73 Å². The number of nitrogens with one attached hydrogen (secondary N) is 1. The molecule has 2 aromatic rings. The summed E-state index contributed by atoms with van der Waals surface area (Å²) < 4.78 is 0.571. The van der Waals surface area contributed by atoms with E-state index in [-0.39, 0.29) is 11.4 Å². The number of non-ortho nitro benzene ring substituents is 1. The summed E-state index contributed by atoms with van der Waals surface area (Å²) in [7, 11) is 0. The molecule has 0 aliphatic carbocycles. The summed E-state index contributed by atoms with van der Waals surface area (Å²) >= 11 is 3.25. The summed E-state index contributed by atoms with van der Waals surface area (Å²) in [4.78, 5) is 33.9. The normalized spacial score (nSPS) is 11.0. The van der Waals surface area contributed by atoms with Crippen molar-refractivity contribution in [3.8, 4) is 0 Å². The third-order valence-corrected chi connectivity index (χ3v) is 3.74. The predicted molar refractivity (Wildman–Crippen MR) is 91.9 cm³/mol. The highest BCUT2D eigenvalue weighted by atomic mass is 79.9. The molecule has 122 valence electrons. The maximum atomic E-state index is 12.2. The lowest BCUT2D eigenvalue weighted by Crippen LogP contribution is -2.31. The van der Waals surface area contributed by atoms with E-state index in [1.807, 2.05) is 0 Å². The van der Waals surface area contributed by atoms with E-state index in [9.17, 15) is 19.7 Å². The largest absolute Gasteiger partial charge is 0.364 e. The Morgan fingerprint density at radius 1 is 1.12 bits per heavy atom. The SMILES string of the molecule is NC(=O)C(=Cc1ccc([N+](=O)[O-])cc1)NC(=O)c1ccccc1Br. The van der Waals surface area contributed by atoms with Crippen LogP contribution in [0, 0.1) is 10.1 Å². The summed E-state index contributed by atoms with van der Waals surface area (Å²) in [6.07, 6.45) is 1.35. The molecule has 0 bridgehead atoms. The molecule has 0 unspecified atom stereocenters. The Labute approximate surface area is 145 Å². The number of nitrogens with zero attached hydrogens (tertiary/aromatic N) is 1. The van der Waals surface area contributed by atoms with Gasteiger partial charge in [0.25, 0.3) is 17.5 Å². The first kappa shape index (κ1) is 17.4. The minimum absolute atomic E-state index is 0.0787. The van der Waals surface area contributed by atoms with Crippen molar-refractivity contribution in [1.29, 1.82) is 0 Å². The molecular formula is C16H12BrN3O4. The maximum absolute atomic E-state index is 12.2. The number of halogens is 1. The van der Waals surface area contributed by atoms with Crippen LogP contribution in [0.4, 0.5) is 5.69 Å². The number of nitro benzene ring substituents is 1. The Hall–Kier alpha value is -3.00. The lowest BCUT2D eigenvalue weighted by Gasteiger charge is -2.08. The number of nitro groups is 1. The second-order valence-electron chi connectivity index (χ2n) is 4.70. The van der Waals surface area contributed by atoms with Crippen LogP contribution in [0.2, 0.25) is 0 Å². The molecule has 0 heterocycles. The quantitative estimate of drug-likeness (QED) is 0.464. The van der Waals surface area contributed by atoms with Gasteiger partial charge in [0, 0.05) is 16.6 Å². The Morgan fingerprint density at radius 3 is 2.29 bits per heavy atom. The van der Waals surface area contributed by atoms with Crippen LogP contribution in [0.25, 0.3) is 6.08 Å². The zero-order valence-electron chi connectivity index (χ0n) is 12.2. The number of primary amides is 1. The molecular weight excluding hydrogens is 378 g/mol. The zero-order valence-corrected chi connectivity index (χ0v) is 13.8. The minimum Gasteiger partial charge on any atom is -0.364 e. The van der Waals surface area contributed by atoms with E-state index in [2.05, 4.69) is 21.2 Å². The second-order valence-corrected chi connectivity index (χ2v) is 5.56. The van der Waals surface area contributed by atoms with E-state index in [0.717, 1.165) is 0 Å². The van der Waals surface area contributed by atoms with Gasteiger partial charge in [-0.25, -0.2) is 0 Å². The van der Waals surface area contributed by atoms with Crippen LogP contribution in [0.5, 0.6) is 0 Å². The van der Waals surface area contributed by atoms with E-state index < -0.39 is 16.7 Å². The molecule has 0 aliphatic heterocycles. The van der Waals surface area contributed by atoms with Crippen molar-refractivity contribution in [1.82, 2.24) is 5.32 Å². The summed E-state index contributed by atoms with van der Waals surface area (Å²) in [6, 6.07) is 12.2. The molecule has 0 saturated heterocycles. The monoisotopic (exact) mass is 389 g/mol. The minimum atomic E-state index is -0.825. The standard InChI is InChI=1S/C16H12BrN3O4/c17-13-4-2-1-3-12(13)16(22)19-14(15(18)21)9-10-5-7-11(8-6-10)20(23)24/h1-9H,(H2,18,21)(H,19,22). The molecule has 0 aliphatic rings. The van der Waals surface area contributed by atoms with Gasteiger partial charge in [-0.15, -0.1) is 0 Å². The van der Waals surface area contributed by atoms with Crippen LogP contribution in [0.15, 0.2) is 58.7 Å². The fourth-order valence-corrected chi connectivity index (χ4v) is 2.33. The molecule has 3 N–H and O–H groups in total. The zero-order chi connectivity index (χ0) is 17.7. The Bertz CT molecular complexity index is 831. The van der Waals surface area contributed by atoms with Crippen LogP contribution < -0.4 is 11.1 Å². The third kappa shape index (κ3) is 4.26. The summed E-state index contributed by atoms with van der Waals surface area (Å²) in [5.41, 5.74) is 5.91. The molecule has 0 fully saturated rings. The van der Waals surface area contributed by atoms with Gasteiger partial charge in [-0.05, 0) is 51.8 Å². The highest BCUT2D eigenvalue weighted by Crippen LogP contribution is 2.17. The maximum Gasteiger partial charge on any atom is 0.269 e. The summed E-state index contributed by atoms with van der Waals surface area (Å²) in [6.45, 7) is 0. The van der Waals surface area contributed by atoms with E-state index in [1.54, 1.807) is 24.3 Å². The number of benzene rings is 2. The van der Waals surface area contributed by atoms with Crippen molar-refractivity contribution in [2.75, 3.05) is 0 Å². The van der Waals surface area contributed by atoms with Gasteiger partial charge in [0.05, 0.1) is 10.5 Å². The lowest BCUT2D eigenvalue weighted by molar-refractivity contribution is -0.384. The number of carbonyl (C=O) groups is 2. The van der Waals surface area contributed by atoms with Gasteiger partial charge in [-0.2, -0.15) is 0 Å². The van der Waals surface area contributed by atoms with Crippen LogP contribution in [0.1, 0.15) is 15.9 Å². The van der Waals surface area contributed by atoms with Gasteiger partial charge in [-0.1, -0.05) is 12.1 Å². The van der Waals surface area contributed by atoms with E-state index in [1.165, 1.54) is 30.3 Å². The first-order chi connectivity index (χ1) is 11.4. The molecule has 2 aromatic carbocycles. The highest BCUT2D eigenvalue weighted by molar-refractivity contribution is 9.10. The molecule has 0 atom stereocenters. The van der Waals surface area contributed by atoms with Crippen LogP contribution in [0.3, 0.4) is 0 Å². The lowest BCUT2D eigenvalue weighted by atomic mass is 10.1. The molecule has 24 heavy (non-hydrogen) atoms. The number of carbonyl (C=O) groups excluding carboxylic acids is 2. The Morgan fingerprint density at radius 2 is 1.75 bits per heavy atom. The predicted octanol–water partition coefficient (Wildman–Crippen LogP) is 2.61. The van der Waals surface area contributed by atoms with Crippen LogP contribution >= 0.6 is 15.9 Å². The Balaban J connectivity index is 2.26. The average molecular weight is 390 g/mol. The van der Waals surface area contributed by atoms with Gasteiger partial charge in [0.1, 0.15) is 5.70 Å². The van der Waals surface area contributed by atoms with Gasteiger partial charge in [0.2, 0.25) is 0 Å². The fourth-order valence-electron chi connectivity index (χ4n) is 1.86.